The Hall–Kier alpha value is -1.40. The summed E-state index contributed by atoms with van der Waals surface area (Å²) in [6.07, 6.45) is 1.35. The van der Waals surface area contributed by atoms with Crippen molar-refractivity contribution >= 4 is 15.9 Å². The van der Waals surface area contributed by atoms with E-state index in [0.717, 1.165) is 17.5 Å². The molecular formula is C16H24N2O3S. The van der Waals surface area contributed by atoms with Crippen molar-refractivity contribution in [2.24, 2.45) is 0 Å². The zero-order chi connectivity index (χ0) is 16.3. The van der Waals surface area contributed by atoms with Crippen LogP contribution in [0.25, 0.3) is 0 Å². The van der Waals surface area contributed by atoms with Crippen LogP contribution in [0.15, 0.2) is 23.1 Å². The lowest BCUT2D eigenvalue weighted by atomic mass is 10.2. The maximum Gasteiger partial charge on any atom is 0.243 e. The Bertz CT molecular complexity index is 647. The first-order valence-corrected chi connectivity index (χ1v) is 9.15. The second-order valence-corrected chi connectivity index (χ2v) is 7.71. The van der Waals surface area contributed by atoms with E-state index in [1.54, 1.807) is 11.0 Å². The molecule has 0 spiro atoms. The summed E-state index contributed by atoms with van der Waals surface area (Å²) in [5.74, 6) is 0.117. The predicted octanol–water partition coefficient (Wildman–Crippen LogP) is 1.94. The molecule has 0 aromatic heterocycles. The van der Waals surface area contributed by atoms with E-state index in [4.69, 9.17) is 0 Å². The molecule has 1 amide bonds. The van der Waals surface area contributed by atoms with Gasteiger partial charge in [-0.15, -0.1) is 0 Å². The highest BCUT2D eigenvalue weighted by Gasteiger charge is 2.30. The molecular weight excluding hydrogens is 300 g/mol. The summed E-state index contributed by atoms with van der Waals surface area (Å²) in [5.41, 5.74) is 1.69. The minimum atomic E-state index is -3.48. The number of rotatable bonds is 4. The Morgan fingerprint density at radius 2 is 1.77 bits per heavy atom. The van der Waals surface area contributed by atoms with E-state index in [-0.39, 0.29) is 5.91 Å². The first-order chi connectivity index (χ1) is 10.4. The van der Waals surface area contributed by atoms with Crippen molar-refractivity contribution in [3.05, 3.63) is 29.3 Å². The average Bonchev–Trinajstić information content (AvgIpc) is 2.50. The summed E-state index contributed by atoms with van der Waals surface area (Å²) in [6.45, 7) is 7.36. The van der Waals surface area contributed by atoms with Gasteiger partial charge in [-0.1, -0.05) is 19.1 Å². The molecule has 2 rings (SSSR count). The lowest BCUT2D eigenvalue weighted by Crippen LogP contribution is -2.50. The van der Waals surface area contributed by atoms with Gasteiger partial charge in [0.05, 0.1) is 4.90 Å². The fraction of sp³-hybridized carbons (Fsp3) is 0.562. The maximum atomic E-state index is 12.8. The Morgan fingerprint density at radius 3 is 2.36 bits per heavy atom. The zero-order valence-corrected chi connectivity index (χ0v) is 14.3. The lowest BCUT2D eigenvalue weighted by Gasteiger charge is -2.34. The predicted molar refractivity (Wildman–Crippen MR) is 86.2 cm³/mol. The van der Waals surface area contributed by atoms with Crippen LogP contribution in [0, 0.1) is 13.8 Å². The van der Waals surface area contributed by atoms with Crippen molar-refractivity contribution in [1.82, 2.24) is 9.21 Å². The van der Waals surface area contributed by atoms with Crippen LogP contribution in [-0.4, -0.2) is 49.7 Å². The van der Waals surface area contributed by atoms with Crippen molar-refractivity contribution in [2.45, 2.75) is 38.5 Å². The van der Waals surface area contributed by atoms with E-state index in [9.17, 15) is 13.2 Å². The van der Waals surface area contributed by atoms with E-state index < -0.39 is 10.0 Å². The Morgan fingerprint density at radius 1 is 1.14 bits per heavy atom. The van der Waals surface area contributed by atoms with Crippen LogP contribution in [0.3, 0.4) is 0 Å². The van der Waals surface area contributed by atoms with Crippen LogP contribution in [-0.2, 0) is 14.8 Å². The number of sulfonamides is 1. The molecule has 0 N–H and O–H groups in total. The zero-order valence-electron chi connectivity index (χ0n) is 13.5. The molecule has 0 saturated carbocycles. The van der Waals surface area contributed by atoms with E-state index in [2.05, 4.69) is 0 Å². The van der Waals surface area contributed by atoms with E-state index >= 15 is 0 Å². The van der Waals surface area contributed by atoms with Crippen molar-refractivity contribution in [2.75, 3.05) is 26.2 Å². The minimum absolute atomic E-state index is 0.117. The third-order valence-electron chi connectivity index (χ3n) is 4.02. The molecule has 0 radical (unpaired) electrons. The standard InChI is InChI=1S/C16H24N2O3S/c1-4-5-16(19)17-8-10-18(11-9-17)22(20,21)15-12-13(2)6-7-14(15)3/h6-7,12H,4-5,8-11H2,1-3H3. The summed E-state index contributed by atoms with van der Waals surface area (Å²) in [4.78, 5) is 14.0. The molecule has 0 bridgehead atoms. The summed E-state index contributed by atoms with van der Waals surface area (Å²) in [6, 6.07) is 5.47. The normalized spacial score (nSPS) is 16.8. The fourth-order valence-corrected chi connectivity index (χ4v) is 4.41. The van der Waals surface area contributed by atoms with Crippen LogP contribution >= 0.6 is 0 Å². The monoisotopic (exact) mass is 324 g/mol. The smallest absolute Gasteiger partial charge is 0.243 e. The van der Waals surface area contributed by atoms with E-state index in [1.807, 2.05) is 32.9 Å². The molecule has 1 fully saturated rings. The molecule has 22 heavy (non-hydrogen) atoms. The molecule has 0 aliphatic carbocycles. The van der Waals surface area contributed by atoms with Crippen LogP contribution in [0.5, 0.6) is 0 Å². The fourth-order valence-electron chi connectivity index (χ4n) is 2.67. The molecule has 5 nitrogen and oxygen atoms in total. The molecule has 1 heterocycles. The van der Waals surface area contributed by atoms with Crippen LogP contribution in [0.4, 0.5) is 0 Å². The van der Waals surface area contributed by atoms with Gasteiger partial charge in [0.1, 0.15) is 0 Å². The average molecular weight is 324 g/mol. The van der Waals surface area contributed by atoms with Crippen molar-refractivity contribution in [3.63, 3.8) is 0 Å². The molecule has 1 saturated heterocycles. The molecule has 1 aromatic carbocycles. The summed E-state index contributed by atoms with van der Waals surface area (Å²) < 4.78 is 27.1. The van der Waals surface area contributed by atoms with Gasteiger partial charge >= 0.3 is 0 Å². The highest BCUT2D eigenvalue weighted by Crippen LogP contribution is 2.22. The first-order valence-electron chi connectivity index (χ1n) is 7.71. The van der Waals surface area contributed by atoms with Crippen LogP contribution in [0.1, 0.15) is 30.9 Å². The number of carbonyl (C=O) groups excluding carboxylic acids is 1. The quantitative estimate of drug-likeness (QED) is 0.850. The SMILES string of the molecule is CCCC(=O)N1CCN(S(=O)(=O)c2cc(C)ccc2C)CC1. The summed E-state index contributed by atoms with van der Waals surface area (Å²) >= 11 is 0. The number of benzene rings is 1. The van der Waals surface area contributed by atoms with Gasteiger partial charge in [-0.3, -0.25) is 4.79 Å². The minimum Gasteiger partial charge on any atom is -0.340 e. The number of carbonyl (C=O) groups is 1. The van der Waals surface area contributed by atoms with Crippen molar-refractivity contribution in [3.8, 4) is 0 Å². The molecule has 6 heteroatoms. The number of hydrogen-bond donors (Lipinski definition) is 0. The molecule has 1 aliphatic rings. The number of piperazine rings is 1. The van der Waals surface area contributed by atoms with Gasteiger partial charge in [0.2, 0.25) is 15.9 Å². The highest BCUT2D eigenvalue weighted by atomic mass is 32.2. The van der Waals surface area contributed by atoms with E-state index in [0.29, 0.717) is 37.5 Å². The van der Waals surface area contributed by atoms with Gasteiger partial charge in [0, 0.05) is 32.6 Å². The van der Waals surface area contributed by atoms with Gasteiger partial charge in [-0.2, -0.15) is 4.31 Å². The molecule has 0 unspecified atom stereocenters. The van der Waals surface area contributed by atoms with Gasteiger partial charge < -0.3 is 4.90 Å². The van der Waals surface area contributed by atoms with Crippen LogP contribution < -0.4 is 0 Å². The molecule has 122 valence electrons. The number of aryl methyl sites for hydroxylation is 2. The molecule has 0 atom stereocenters. The molecule has 1 aliphatic heterocycles. The van der Waals surface area contributed by atoms with Crippen LogP contribution in [0.2, 0.25) is 0 Å². The Kier molecular flexibility index (Phi) is 5.24. The second kappa shape index (κ2) is 6.79. The summed E-state index contributed by atoms with van der Waals surface area (Å²) in [5, 5.41) is 0. The van der Waals surface area contributed by atoms with Crippen molar-refractivity contribution < 1.29 is 13.2 Å². The number of nitrogens with zero attached hydrogens (tertiary/aromatic N) is 2. The molecule has 1 aromatic rings. The third kappa shape index (κ3) is 3.50. The largest absolute Gasteiger partial charge is 0.340 e. The van der Waals surface area contributed by atoms with Gasteiger partial charge in [0.15, 0.2) is 0 Å². The van der Waals surface area contributed by atoms with Gasteiger partial charge in [0.25, 0.3) is 0 Å². The maximum absolute atomic E-state index is 12.8. The lowest BCUT2D eigenvalue weighted by molar-refractivity contribution is -0.132. The highest BCUT2D eigenvalue weighted by molar-refractivity contribution is 7.89. The number of hydrogen-bond acceptors (Lipinski definition) is 3. The Balaban J connectivity index is 2.13. The second-order valence-electron chi connectivity index (χ2n) is 5.80. The van der Waals surface area contributed by atoms with Gasteiger partial charge in [-0.05, 0) is 37.5 Å². The van der Waals surface area contributed by atoms with E-state index in [1.165, 1.54) is 4.31 Å². The number of amides is 1. The Labute approximate surface area is 133 Å². The first kappa shape index (κ1) is 17.0. The third-order valence-corrected chi connectivity index (χ3v) is 6.06. The summed E-state index contributed by atoms with van der Waals surface area (Å²) in [7, 11) is -3.48. The van der Waals surface area contributed by atoms with Crippen molar-refractivity contribution in [1.29, 1.82) is 0 Å². The van der Waals surface area contributed by atoms with Gasteiger partial charge in [-0.25, -0.2) is 8.42 Å². The topological polar surface area (TPSA) is 57.7 Å².